The van der Waals surface area contributed by atoms with Crippen LogP contribution in [0.15, 0.2) is 5.38 Å². The maximum absolute atomic E-state index is 4.77. The van der Waals surface area contributed by atoms with Gasteiger partial charge in [-0.05, 0) is 47.0 Å². The number of nitrogens with one attached hydrogen (secondary N) is 1. The highest BCUT2D eigenvalue weighted by atomic mass is 32.1. The topological polar surface area (TPSA) is 28.2 Å². The molecule has 0 saturated carbocycles. The van der Waals surface area contributed by atoms with Crippen molar-refractivity contribution in [3.63, 3.8) is 0 Å². The lowest BCUT2D eigenvalue weighted by Gasteiger charge is -2.27. The van der Waals surface area contributed by atoms with E-state index in [9.17, 15) is 0 Å². The highest BCUT2D eigenvalue weighted by Gasteiger charge is 2.21. The molecule has 2 rings (SSSR count). The second-order valence-electron chi connectivity index (χ2n) is 4.70. The fraction of sp³-hybridized carbons (Fsp3) is 0.750. The van der Waals surface area contributed by atoms with Gasteiger partial charge in [-0.1, -0.05) is 0 Å². The number of aromatic nitrogens is 1. The monoisotopic (exact) mass is 239 g/mol. The van der Waals surface area contributed by atoms with Gasteiger partial charge in [-0.2, -0.15) is 0 Å². The van der Waals surface area contributed by atoms with Crippen LogP contribution in [-0.4, -0.2) is 37.1 Å². The molecule has 1 saturated heterocycles. The van der Waals surface area contributed by atoms with Crippen molar-refractivity contribution < 1.29 is 0 Å². The summed E-state index contributed by atoms with van der Waals surface area (Å²) < 4.78 is 0. The summed E-state index contributed by atoms with van der Waals surface area (Å²) >= 11 is 1.83. The predicted molar refractivity (Wildman–Crippen MR) is 69.1 cm³/mol. The third-order valence-electron chi connectivity index (χ3n) is 3.48. The Hall–Kier alpha value is -0.450. The van der Waals surface area contributed by atoms with Crippen LogP contribution in [0.5, 0.6) is 0 Å². The summed E-state index contributed by atoms with van der Waals surface area (Å²) in [6.07, 6.45) is 2.52. The Morgan fingerprint density at radius 2 is 2.19 bits per heavy atom. The van der Waals surface area contributed by atoms with Crippen molar-refractivity contribution in [3.05, 3.63) is 16.1 Å². The molecule has 0 radical (unpaired) electrons. The molecule has 0 bridgehead atoms. The maximum Gasteiger partial charge on any atom is 0.0960 e. The summed E-state index contributed by atoms with van der Waals surface area (Å²) in [5, 5.41) is 6.78. The van der Waals surface area contributed by atoms with E-state index in [2.05, 4.69) is 29.6 Å². The van der Waals surface area contributed by atoms with Crippen LogP contribution in [-0.2, 0) is 0 Å². The number of nitrogens with zero attached hydrogens (tertiary/aromatic N) is 2. The van der Waals surface area contributed by atoms with Gasteiger partial charge < -0.3 is 10.2 Å². The van der Waals surface area contributed by atoms with Crippen LogP contribution >= 0.6 is 11.3 Å². The molecule has 90 valence electrons. The number of hydrogen-bond donors (Lipinski definition) is 1. The second kappa shape index (κ2) is 5.25. The normalized spacial score (nSPS) is 21.2. The van der Waals surface area contributed by atoms with Gasteiger partial charge in [0.25, 0.3) is 0 Å². The molecule has 0 spiro atoms. The third-order valence-corrected chi connectivity index (χ3v) is 4.51. The van der Waals surface area contributed by atoms with E-state index in [1.54, 1.807) is 0 Å². The fourth-order valence-corrected chi connectivity index (χ4v) is 3.18. The van der Waals surface area contributed by atoms with Crippen molar-refractivity contribution in [1.82, 2.24) is 15.2 Å². The van der Waals surface area contributed by atoms with Crippen molar-refractivity contribution in [2.75, 3.05) is 27.2 Å². The zero-order valence-electron chi connectivity index (χ0n) is 10.4. The zero-order valence-corrected chi connectivity index (χ0v) is 11.2. The number of thiazole rings is 1. The molecule has 1 aliphatic rings. The molecule has 1 atom stereocenters. The van der Waals surface area contributed by atoms with Crippen LogP contribution in [0.4, 0.5) is 0 Å². The summed E-state index contributed by atoms with van der Waals surface area (Å²) in [4.78, 5) is 7.17. The quantitative estimate of drug-likeness (QED) is 0.877. The van der Waals surface area contributed by atoms with Crippen LogP contribution in [0.2, 0.25) is 0 Å². The average Bonchev–Trinajstić information content (AvgIpc) is 2.78. The van der Waals surface area contributed by atoms with Crippen molar-refractivity contribution >= 4 is 11.3 Å². The van der Waals surface area contributed by atoms with Crippen LogP contribution in [0, 0.1) is 0 Å². The van der Waals surface area contributed by atoms with Crippen molar-refractivity contribution in [1.29, 1.82) is 0 Å². The minimum Gasteiger partial charge on any atom is -0.312 e. The first kappa shape index (κ1) is 12.0. The number of likely N-dealkylation sites (tertiary alicyclic amines) is 1. The second-order valence-corrected chi connectivity index (χ2v) is 5.59. The molecule has 0 aromatic carbocycles. The van der Waals surface area contributed by atoms with E-state index >= 15 is 0 Å². The lowest BCUT2D eigenvalue weighted by molar-refractivity contribution is 0.255. The van der Waals surface area contributed by atoms with E-state index in [1.807, 2.05) is 18.4 Å². The molecule has 1 aliphatic heterocycles. The SMILES string of the molecule is CNC(C)c1csc(C2CCN(C)CC2)n1. The van der Waals surface area contributed by atoms with Gasteiger partial charge in [0.05, 0.1) is 10.7 Å². The van der Waals surface area contributed by atoms with Crippen LogP contribution in [0.3, 0.4) is 0 Å². The van der Waals surface area contributed by atoms with Gasteiger partial charge in [0, 0.05) is 17.3 Å². The average molecular weight is 239 g/mol. The van der Waals surface area contributed by atoms with E-state index in [4.69, 9.17) is 4.98 Å². The van der Waals surface area contributed by atoms with E-state index in [0.29, 0.717) is 12.0 Å². The molecule has 0 aliphatic carbocycles. The van der Waals surface area contributed by atoms with E-state index in [0.717, 1.165) is 0 Å². The Labute approximate surface area is 102 Å². The number of hydrogen-bond acceptors (Lipinski definition) is 4. The summed E-state index contributed by atoms with van der Waals surface area (Å²) in [7, 11) is 4.19. The first-order valence-corrected chi connectivity index (χ1v) is 6.89. The summed E-state index contributed by atoms with van der Waals surface area (Å²) in [6, 6.07) is 0.372. The highest BCUT2D eigenvalue weighted by molar-refractivity contribution is 7.09. The first-order chi connectivity index (χ1) is 7.70. The minimum absolute atomic E-state index is 0.372. The van der Waals surface area contributed by atoms with Gasteiger partial charge in [-0.15, -0.1) is 11.3 Å². The molecule has 1 fully saturated rings. The van der Waals surface area contributed by atoms with Gasteiger partial charge in [-0.3, -0.25) is 0 Å². The zero-order chi connectivity index (χ0) is 11.5. The molecule has 4 heteroatoms. The molecule has 1 aromatic heterocycles. The van der Waals surface area contributed by atoms with E-state index < -0.39 is 0 Å². The highest BCUT2D eigenvalue weighted by Crippen LogP contribution is 2.30. The Kier molecular flexibility index (Phi) is 3.95. The standard InChI is InChI=1S/C12H21N3S/c1-9(13-2)11-8-16-12(14-11)10-4-6-15(3)7-5-10/h8-10,13H,4-7H2,1-3H3. The Morgan fingerprint density at radius 3 is 2.81 bits per heavy atom. The fourth-order valence-electron chi connectivity index (χ4n) is 2.09. The van der Waals surface area contributed by atoms with Crippen LogP contribution in [0.25, 0.3) is 0 Å². The van der Waals surface area contributed by atoms with Crippen molar-refractivity contribution in [2.24, 2.45) is 0 Å². The number of piperidine rings is 1. The lowest BCUT2D eigenvalue weighted by Crippen LogP contribution is -2.29. The van der Waals surface area contributed by atoms with Gasteiger partial charge in [0.2, 0.25) is 0 Å². The molecule has 2 heterocycles. The Balaban J connectivity index is 2.01. The van der Waals surface area contributed by atoms with Crippen LogP contribution < -0.4 is 5.32 Å². The Bertz CT molecular complexity index is 329. The first-order valence-electron chi connectivity index (χ1n) is 6.02. The van der Waals surface area contributed by atoms with Crippen molar-refractivity contribution in [3.8, 4) is 0 Å². The van der Waals surface area contributed by atoms with Gasteiger partial charge >= 0.3 is 0 Å². The molecule has 1 N–H and O–H groups in total. The predicted octanol–water partition coefficient (Wildman–Crippen LogP) is 2.23. The molecular weight excluding hydrogens is 218 g/mol. The van der Waals surface area contributed by atoms with Crippen molar-refractivity contribution in [2.45, 2.75) is 31.7 Å². The number of rotatable bonds is 3. The molecule has 16 heavy (non-hydrogen) atoms. The molecule has 1 unspecified atom stereocenters. The largest absolute Gasteiger partial charge is 0.312 e. The summed E-state index contributed by atoms with van der Waals surface area (Å²) in [6.45, 7) is 4.58. The molecular formula is C12H21N3S. The Morgan fingerprint density at radius 1 is 1.50 bits per heavy atom. The lowest BCUT2D eigenvalue weighted by atomic mass is 9.98. The van der Waals surface area contributed by atoms with E-state index in [-0.39, 0.29) is 0 Å². The maximum atomic E-state index is 4.77. The van der Waals surface area contributed by atoms with Gasteiger partial charge in [0.1, 0.15) is 0 Å². The summed E-state index contributed by atoms with van der Waals surface area (Å²) in [5.41, 5.74) is 1.20. The van der Waals surface area contributed by atoms with E-state index in [1.165, 1.54) is 36.6 Å². The molecule has 0 amide bonds. The third kappa shape index (κ3) is 2.62. The molecule has 3 nitrogen and oxygen atoms in total. The minimum atomic E-state index is 0.372. The van der Waals surface area contributed by atoms with Crippen LogP contribution in [0.1, 0.15) is 42.4 Å². The smallest absolute Gasteiger partial charge is 0.0960 e. The summed E-state index contributed by atoms with van der Waals surface area (Å²) in [5.74, 6) is 0.694. The molecule has 1 aromatic rings. The van der Waals surface area contributed by atoms with Gasteiger partial charge in [0.15, 0.2) is 0 Å². The van der Waals surface area contributed by atoms with Gasteiger partial charge in [-0.25, -0.2) is 4.98 Å².